The fourth-order valence-electron chi connectivity index (χ4n) is 1.32. The van der Waals surface area contributed by atoms with E-state index < -0.39 is 5.97 Å². The Morgan fingerprint density at radius 1 is 1.60 bits per heavy atom. The van der Waals surface area contributed by atoms with E-state index in [1.165, 1.54) is 6.20 Å². The Balaban J connectivity index is 2.28. The summed E-state index contributed by atoms with van der Waals surface area (Å²) in [5.41, 5.74) is 0.575. The number of carbonyl (C=O) groups is 1. The van der Waals surface area contributed by atoms with Gasteiger partial charge in [-0.1, -0.05) is 0 Å². The Morgan fingerprint density at radius 2 is 2.40 bits per heavy atom. The zero-order valence-corrected chi connectivity index (χ0v) is 8.14. The van der Waals surface area contributed by atoms with E-state index in [2.05, 4.69) is 15.0 Å². The molecule has 0 bridgehead atoms. The molecule has 0 aliphatic carbocycles. The zero-order valence-electron chi connectivity index (χ0n) is 8.14. The van der Waals surface area contributed by atoms with E-state index in [1.807, 2.05) is 6.92 Å². The van der Waals surface area contributed by atoms with Gasteiger partial charge in [0.2, 0.25) is 5.95 Å². The van der Waals surface area contributed by atoms with Crippen LogP contribution in [0, 0.1) is 6.92 Å². The molecule has 6 nitrogen and oxygen atoms in total. The summed E-state index contributed by atoms with van der Waals surface area (Å²) in [6.45, 7) is 1.85. The molecule has 6 heteroatoms. The number of aromatic amines is 1. The number of nitrogens with zero attached hydrogens (tertiary/aromatic N) is 3. The third-order valence-corrected chi connectivity index (χ3v) is 2.01. The Hall–Kier alpha value is -2.11. The summed E-state index contributed by atoms with van der Waals surface area (Å²) in [7, 11) is 0. The molecule has 0 atom stereocenters. The molecule has 0 amide bonds. The molecular formula is C9H10N4O2. The molecule has 2 heterocycles. The monoisotopic (exact) mass is 206 g/mol. The number of aliphatic carboxylic acids is 1. The van der Waals surface area contributed by atoms with E-state index in [1.54, 1.807) is 17.0 Å². The van der Waals surface area contributed by atoms with Gasteiger partial charge in [0.05, 0.1) is 12.6 Å². The van der Waals surface area contributed by atoms with Gasteiger partial charge in [-0.2, -0.15) is 0 Å². The molecule has 0 unspecified atom stereocenters. The van der Waals surface area contributed by atoms with Crippen LogP contribution in [0.3, 0.4) is 0 Å². The fraction of sp³-hybridized carbons (Fsp3) is 0.222. The summed E-state index contributed by atoms with van der Waals surface area (Å²) in [6.07, 6.45) is 4.89. The van der Waals surface area contributed by atoms with Gasteiger partial charge >= 0.3 is 5.97 Å². The second-order valence-corrected chi connectivity index (χ2v) is 3.15. The second-order valence-electron chi connectivity index (χ2n) is 3.15. The lowest BCUT2D eigenvalue weighted by atomic mass is 10.3. The highest BCUT2D eigenvalue weighted by atomic mass is 16.4. The molecule has 15 heavy (non-hydrogen) atoms. The largest absolute Gasteiger partial charge is 0.481 e. The molecular weight excluding hydrogens is 196 g/mol. The number of hydrogen-bond acceptors (Lipinski definition) is 3. The molecule has 78 valence electrons. The number of aryl methyl sites for hydroxylation is 1. The number of imidazole rings is 2. The predicted molar refractivity (Wildman–Crippen MR) is 51.8 cm³/mol. The Morgan fingerprint density at radius 3 is 3.00 bits per heavy atom. The van der Waals surface area contributed by atoms with Gasteiger partial charge in [-0.25, -0.2) is 9.97 Å². The lowest BCUT2D eigenvalue weighted by Crippen LogP contribution is -2.01. The molecule has 0 saturated heterocycles. The molecule has 0 spiro atoms. The van der Waals surface area contributed by atoms with Gasteiger partial charge in [0.15, 0.2) is 0 Å². The lowest BCUT2D eigenvalue weighted by molar-refractivity contribution is -0.136. The molecule has 0 aliphatic rings. The minimum Gasteiger partial charge on any atom is -0.481 e. The molecule has 2 N–H and O–H groups in total. The van der Waals surface area contributed by atoms with Crippen LogP contribution >= 0.6 is 0 Å². The Bertz CT molecular complexity index is 486. The third kappa shape index (κ3) is 1.88. The molecule has 2 rings (SSSR count). The number of rotatable bonds is 3. The fourth-order valence-corrected chi connectivity index (χ4v) is 1.32. The van der Waals surface area contributed by atoms with E-state index in [4.69, 9.17) is 5.11 Å². The number of carboxylic acids is 1. The Kier molecular flexibility index (Phi) is 2.24. The average molecular weight is 206 g/mol. The van der Waals surface area contributed by atoms with Crippen LogP contribution in [0.1, 0.15) is 11.5 Å². The predicted octanol–water partition coefficient (Wildman–Crippen LogP) is 0.531. The summed E-state index contributed by atoms with van der Waals surface area (Å²) in [4.78, 5) is 21.5. The number of nitrogens with one attached hydrogen (secondary N) is 1. The molecule has 2 aromatic rings. The first-order valence-electron chi connectivity index (χ1n) is 4.43. The van der Waals surface area contributed by atoms with Gasteiger partial charge in [0.25, 0.3) is 0 Å². The van der Waals surface area contributed by atoms with E-state index in [0.717, 1.165) is 5.82 Å². The van der Waals surface area contributed by atoms with Gasteiger partial charge in [-0.15, -0.1) is 0 Å². The number of hydrogen-bond donors (Lipinski definition) is 2. The van der Waals surface area contributed by atoms with Crippen molar-refractivity contribution in [1.29, 1.82) is 0 Å². The molecule has 0 aromatic carbocycles. The smallest absolute Gasteiger partial charge is 0.309 e. The molecule has 0 saturated carbocycles. The maximum Gasteiger partial charge on any atom is 0.309 e. The Labute approximate surface area is 85.6 Å². The van der Waals surface area contributed by atoms with Crippen LogP contribution in [0.5, 0.6) is 0 Å². The molecule has 2 aromatic heterocycles. The quantitative estimate of drug-likeness (QED) is 0.767. The normalized spacial score (nSPS) is 10.5. The van der Waals surface area contributed by atoms with Gasteiger partial charge in [-0.3, -0.25) is 9.36 Å². The van der Waals surface area contributed by atoms with Crippen molar-refractivity contribution in [2.75, 3.05) is 0 Å². The van der Waals surface area contributed by atoms with E-state index in [-0.39, 0.29) is 6.42 Å². The van der Waals surface area contributed by atoms with Crippen molar-refractivity contribution >= 4 is 5.97 Å². The van der Waals surface area contributed by atoms with Crippen molar-refractivity contribution in [2.24, 2.45) is 0 Å². The van der Waals surface area contributed by atoms with Crippen molar-refractivity contribution in [3.63, 3.8) is 0 Å². The highest BCUT2D eigenvalue weighted by molar-refractivity contribution is 5.69. The first kappa shape index (κ1) is 9.45. The zero-order chi connectivity index (χ0) is 10.8. The van der Waals surface area contributed by atoms with Gasteiger partial charge in [-0.05, 0) is 6.92 Å². The average Bonchev–Trinajstić information content (AvgIpc) is 2.72. The minimum absolute atomic E-state index is 0.0548. The summed E-state index contributed by atoms with van der Waals surface area (Å²) >= 11 is 0. The number of carboxylic acid groups (broad SMARTS) is 1. The van der Waals surface area contributed by atoms with Crippen molar-refractivity contribution in [3.8, 4) is 5.95 Å². The second kappa shape index (κ2) is 3.56. The molecule has 0 aliphatic heterocycles. The number of H-pyrrole nitrogens is 1. The van der Waals surface area contributed by atoms with Gasteiger partial charge in [0.1, 0.15) is 5.82 Å². The van der Waals surface area contributed by atoms with Crippen molar-refractivity contribution in [1.82, 2.24) is 19.5 Å². The van der Waals surface area contributed by atoms with E-state index >= 15 is 0 Å². The van der Waals surface area contributed by atoms with Crippen LogP contribution in [0.2, 0.25) is 0 Å². The molecule has 0 fully saturated rings. The maximum atomic E-state index is 10.5. The standard InChI is InChI=1S/C9H10N4O2/c1-6-10-2-3-13(6)9-11-5-7(12-9)4-8(14)15/h2-3,5H,4H2,1H3,(H,11,12)(H,14,15). The highest BCUT2D eigenvalue weighted by Gasteiger charge is 2.07. The van der Waals surface area contributed by atoms with Crippen molar-refractivity contribution in [2.45, 2.75) is 13.3 Å². The van der Waals surface area contributed by atoms with Crippen LogP contribution in [0.4, 0.5) is 0 Å². The topological polar surface area (TPSA) is 83.8 Å². The van der Waals surface area contributed by atoms with Crippen LogP contribution in [-0.2, 0) is 11.2 Å². The van der Waals surface area contributed by atoms with Crippen LogP contribution in [0.15, 0.2) is 18.6 Å². The van der Waals surface area contributed by atoms with Crippen molar-refractivity contribution < 1.29 is 9.90 Å². The van der Waals surface area contributed by atoms with Gasteiger partial charge < -0.3 is 10.1 Å². The van der Waals surface area contributed by atoms with Crippen molar-refractivity contribution in [3.05, 3.63) is 30.1 Å². The van der Waals surface area contributed by atoms with E-state index in [0.29, 0.717) is 11.6 Å². The first-order chi connectivity index (χ1) is 7.16. The summed E-state index contributed by atoms with van der Waals surface area (Å²) in [5, 5.41) is 8.59. The lowest BCUT2D eigenvalue weighted by Gasteiger charge is -1.98. The summed E-state index contributed by atoms with van der Waals surface area (Å²) in [6, 6.07) is 0. The first-order valence-corrected chi connectivity index (χ1v) is 4.43. The number of aromatic nitrogens is 4. The van der Waals surface area contributed by atoms with Crippen LogP contribution in [0.25, 0.3) is 5.95 Å². The summed E-state index contributed by atoms with van der Waals surface area (Å²) in [5.74, 6) is 0.500. The van der Waals surface area contributed by atoms with E-state index in [9.17, 15) is 4.79 Å². The van der Waals surface area contributed by atoms with Gasteiger partial charge in [0, 0.05) is 18.1 Å². The minimum atomic E-state index is -0.882. The van der Waals surface area contributed by atoms with Crippen LogP contribution in [-0.4, -0.2) is 30.6 Å². The highest BCUT2D eigenvalue weighted by Crippen LogP contribution is 2.06. The maximum absolute atomic E-state index is 10.5. The SMILES string of the molecule is Cc1nccn1-c1ncc(CC(=O)O)[nH]1. The summed E-state index contributed by atoms with van der Waals surface area (Å²) < 4.78 is 1.76. The molecule has 0 radical (unpaired) electrons. The third-order valence-electron chi connectivity index (χ3n) is 2.01. The van der Waals surface area contributed by atoms with Crippen LogP contribution < -0.4 is 0 Å².